The standard InChI is InChI=1S/C16H18N4O/c1-11-14(10-20(2)19-11)16(21)17-8-7-12-9-18-15-6-4-3-5-13(12)15/h3-6,9-10,18H,7-8H2,1-2H3,(H,17,21). The van der Waals surface area contributed by atoms with Gasteiger partial charge in [0.25, 0.3) is 5.91 Å². The van der Waals surface area contributed by atoms with Gasteiger partial charge in [-0.15, -0.1) is 0 Å². The van der Waals surface area contributed by atoms with Crippen LogP contribution < -0.4 is 5.32 Å². The van der Waals surface area contributed by atoms with Crippen molar-refractivity contribution in [3.8, 4) is 0 Å². The molecule has 0 aliphatic rings. The van der Waals surface area contributed by atoms with Crippen molar-refractivity contribution < 1.29 is 4.79 Å². The molecule has 5 nitrogen and oxygen atoms in total. The summed E-state index contributed by atoms with van der Waals surface area (Å²) in [5.41, 5.74) is 3.73. The minimum absolute atomic E-state index is 0.0690. The highest BCUT2D eigenvalue weighted by Gasteiger charge is 2.12. The van der Waals surface area contributed by atoms with Gasteiger partial charge in [-0.2, -0.15) is 5.10 Å². The average molecular weight is 282 g/mol. The van der Waals surface area contributed by atoms with Crippen LogP contribution in [0.15, 0.2) is 36.7 Å². The second-order valence-corrected chi connectivity index (χ2v) is 5.17. The Hall–Kier alpha value is -2.56. The van der Waals surface area contributed by atoms with Crippen molar-refractivity contribution in [1.82, 2.24) is 20.1 Å². The van der Waals surface area contributed by atoms with Crippen molar-refractivity contribution in [1.29, 1.82) is 0 Å². The average Bonchev–Trinajstić information content (AvgIpc) is 3.02. The zero-order chi connectivity index (χ0) is 14.8. The first-order chi connectivity index (χ1) is 10.1. The number of benzene rings is 1. The van der Waals surface area contributed by atoms with E-state index in [2.05, 4.69) is 27.5 Å². The maximum absolute atomic E-state index is 12.1. The first-order valence-electron chi connectivity index (χ1n) is 6.98. The second kappa shape index (κ2) is 5.44. The Labute approximate surface area is 123 Å². The molecular weight excluding hydrogens is 264 g/mol. The summed E-state index contributed by atoms with van der Waals surface area (Å²) in [6.07, 6.45) is 4.55. The minimum atomic E-state index is -0.0690. The summed E-state index contributed by atoms with van der Waals surface area (Å²) in [4.78, 5) is 15.3. The van der Waals surface area contributed by atoms with Gasteiger partial charge in [0.15, 0.2) is 0 Å². The third-order valence-electron chi connectivity index (χ3n) is 3.61. The Morgan fingerprint density at radius 1 is 1.38 bits per heavy atom. The van der Waals surface area contributed by atoms with Crippen LogP contribution in [-0.4, -0.2) is 27.2 Å². The lowest BCUT2D eigenvalue weighted by Gasteiger charge is -2.03. The molecule has 0 saturated carbocycles. The number of nitrogens with one attached hydrogen (secondary N) is 2. The van der Waals surface area contributed by atoms with Crippen molar-refractivity contribution in [3.05, 3.63) is 53.5 Å². The first kappa shape index (κ1) is 13.4. The molecule has 0 bridgehead atoms. The smallest absolute Gasteiger partial charge is 0.254 e. The lowest BCUT2D eigenvalue weighted by Crippen LogP contribution is -2.25. The Balaban J connectivity index is 1.64. The van der Waals surface area contributed by atoms with Crippen LogP contribution in [0.4, 0.5) is 0 Å². The predicted molar refractivity (Wildman–Crippen MR) is 82.3 cm³/mol. The Morgan fingerprint density at radius 3 is 2.95 bits per heavy atom. The van der Waals surface area contributed by atoms with Gasteiger partial charge in [-0.1, -0.05) is 18.2 Å². The van der Waals surface area contributed by atoms with Gasteiger partial charge in [0, 0.05) is 36.9 Å². The molecule has 1 aromatic carbocycles. The van der Waals surface area contributed by atoms with Crippen LogP contribution in [0.1, 0.15) is 21.6 Å². The van der Waals surface area contributed by atoms with Crippen LogP contribution in [0.5, 0.6) is 0 Å². The number of carbonyl (C=O) groups excluding carboxylic acids is 1. The number of para-hydroxylation sites is 1. The molecule has 0 spiro atoms. The van der Waals surface area contributed by atoms with Crippen LogP contribution in [0.3, 0.4) is 0 Å². The number of amides is 1. The number of aromatic amines is 1. The molecule has 5 heteroatoms. The molecule has 3 rings (SSSR count). The van der Waals surface area contributed by atoms with Gasteiger partial charge in [0.2, 0.25) is 0 Å². The quantitative estimate of drug-likeness (QED) is 0.770. The van der Waals surface area contributed by atoms with Gasteiger partial charge >= 0.3 is 0 Å². The number of hydrogen-bond acceptors (Lipinski definition) is 2. The normalized spacial score (nSPS) is 11.0. The van der Waals surface area contributed by atoms with Crippen molar-refractivity contribution in [2.24, 2.45) is 7.05 Å². The molecule has 3 aromatic rings. The van der Waals surface area contributed by atoms with Crippen LogP contribution in [0, 0.1) is 6.92 Å². The summed E-state index contributed by atoms with van der Waals surface area (Å²) in [6.45, 7) is 2.45. The molecule has 0 unspecified atom stereocenters. The molecule has 108 valence electrons. The van der Waals surface area contributed by atoms with E-state index in [0.29, 0.717) is 12.1 Å². The summed E-state index contributed by atoms with van der Waals surface area (Å²) >= 11 is 0. The van der Waals surface area contributed by atoms with Gasteiger partial charge in [-0.3, -0.25) is 9.48 Å². The highest BCUT2D eigenvalue weighted by atomic mass is 16.1. The predicted octanol–water partition coefficient (Wildman–Crippen LogP) is 2.18. The highest BCUT2D eigenvalue weighted by Crippen LogP contribution is 2.17. The summed E-state index contributed by atoms with van der Waals surface area (Å²) < 4.78 is 1.66. The SMILES string of the molecule is Cc1nn(C)cc1C(=O)NCCc1c[nH]c2ccccc12. The number of H-pyrrole nitrogens is 1. The summed E-state index contributed by atoms with van der Waals surface area (Å²) in [5, 5.41) is 8.34. The van der Waals surface area contributed by atoms with Crippen LogP contribution >= 0.6 is 0 Å². The van der Waals surface area contributed by atoms with Gasteiger partial charge in [0.05, 0.1) is 11.3 Å². The van der Waals surface area contributed by atoms with Crippen molar-refractivity contribution in [2.45, 2.75) is 13.3 Å². The van der Waals surface area contributed by atoms with Crippen molar-refractivity contribution >= 4 is 16.8 Å². The Kier molecular flexibility index (Phi) is 3.48. The van der Waals surface area contributed by atoms with E-state index < -0.39 is 0 Å². The lowest BCUT2D eigenvalue weighted by molar-refractivity contribution is 0.0953. The number of aromatic nitrogens is 3. The summed E-state index contributed by atoms with van der Waals surface area (Å²) in [5.74, 6) is -0.0690. The topological polar surface area (TPSA) is 62.7 Å². The monoisotopic (exact) mass is 282 g/mol. The molecule has 0 radical (unpaired) electrons. The van der Waals surface area contributed by atoms with E-state index in [1.165, 1.54) is 10.9 Å². The molecule has 2 heterocycles. The van der Waals surface area contributed by atoms with Crippen LogP contribution in [0.25, 0.3) is 10.9 Å². The molecule has 0 saturated heterocycles. The van der Waals surface area contributed by atoms with Gasteiger partial charge in [-0.05, 0) is 25.0 Å². The van der Waals surface area contributed by atoms with E-state index >= 15 is 0 Å². The zero-order valence-corrected chi connectivity index (χ0v) is 12.2. The molecule has 0 aliphatic carbocycles. The van der Waals surface area contributed by atoms with Crippen molar-refractivity contribution in [2.75, 3.05) is 6.54 Å². The summed E-state index contributed by atoms with van der Waals surface area (Å²) in [7, 11) is 1.82. The minimum Gasteiger partial charge on any atom is -0.361 e. The van der Waals surface area contributed by atoms with E-state index in [4.69, 9.17) is 0 Å². The number of fused-ring (bicyclic) bond motifs is 1. The van der Waals surface area contributed by atoms with Crippen LogP contribution in [-0.2, 0) is 13.5 Å². The Morgan fingerprint density at radius 2 is 2.19 bits per heavy atom. The largest absolute Gasteiger partial charge is 0.361 e. The third kappa shape index (κ3) is 2.67. The molecule has 0 fully saturated rings. The number of aryl methyl sites for hydroxylation is 2. The van der Waals surface area contributed by atoms with E-state index in [9.17, 15) is 4.79 Å². The number of carbonyl (C=O) groups is 1. The van der Waals surface area contributed by atoms with Crippen molar-refractivity contribution in [3.63, 3.8) is 0 Å². The Bertz CT molecular complexity index is 785. The van der Waals surface area contributed by atoms with Gasteiger partial charge in [-0.25, -0.2) is 0 Å². The number of nitrogens with zero attached hydrogens (tertiary/aromatic N) is 2. The second-order valence-electron chi connectivity index (χ2n) is 5.17. The van der Waals surface area contributed by atoms with Crippen LogP contribution in [0.2, 0.25) is 0 Å². The maximum atomic E-state index is 12.1. The fourth-order valence-electron chi connectivity index (χ4n) is 2.57. The number of rotatable bonds is 4. The fourth-order valence-corrected chi connectivity index (χ4v) is 2.57. The van der Waals surface area contributed by atoms with E-state index in [1.807, 2.05) is 32.3 Å². The molecule has 0 atom stereocenters. The molecule has 0 aliphatic heterocycles. The lowest BCUT2D eigenvalue weighted by atomic mass is 10.1. The fraction of sp³-hybridized carbons (Fsp3) is 0.250. The number of hydrogen-bond donors (Lipinski definition) is 2. The van der Waals surface area contributed by atoms with E-state index in [0.717, 1.165) is 17.6 Å². The molecule has 21 heavy (non-hydrogen) atoms. The maximum Gasteiger partial charge on any atom is 0.254 e. The summed E-state index contributed by atoms with van der Waals surface area (Å²) in [6, 6.07) is 8.18. The first-order valence-corrected chi connectivity index (χ1v) is 6.98. The molecule has 1 amide bonds. The molecule has 2 N–H and O–H groups in total. The van der Waals surface area contributed by atoms with Gasteiger partial charge < -0.3 is 10.3 Å². The highest BCUT2D eigenvalue weighted by molar-refractivity contribution is 5.95. The third-order valence-corrected chi connectivity index (χ3v) is 3.61. The van der Waals surface area contributed by atoms with Gasteiger partial charge in [0.1, 0.15) is 0 Å². The zero-order valence-electron chi connectivity index (χ0n) is 12.2. The van der Waals surface area contributed by atoms with E-state index in [-0.39, 0.29) is 5.91 Å². The molecular formula is C16H18N4O. The molecule has 2 aromatic heterocycles. The van der Waals surface area contributed by atoms with E-state index in [1.54, 1.807) is 10.9 Å².